The summed E-state index contributed by atoms with van der Waals surface area (Å²) in [5.41, 5.74) is 2.79. The summed E-state index contributed by atoms with van der Waals surface area (Å²) in [6, 6.07) is 17.1. The highest BCUT2D eigenvalue weighted by molar-refractivity contribution is 5.97. The van der Waals surface area contributed by atoms with Gasteiger partial charge in [0.2, 0.25) is 5.43 Å². The Morgan fingerprint density at radius 2 is 1.67 bits per heavy atom. The minimum atomic E-state index is -0.208. The number of rotatable bonds is 3. The largest absolute Gasteiger partial charge is 0.425 e. The van der Waals surface area contributed by atoms with Crippen molar-refractivity contribution in [2.75, 3.05) is 26.2 Å². The summed E-state index contributed by atoms with van der Waals surface area (Å²) in [6.45, 7) is 5.77. The van der Waals surface area contributed by atoms with Gasteiger partial charge in [0.25, 0.3) is 5.91 Å². The molecule has 0 atom stereocenters. The van der Waals surface area contributed by atoms with Gasteiger partial charge < -0.3 is 13.7 Å². The smallest absolute Gasteiger partial charge is 0.302 e. The lowest BCUT2D eigenvalue weighted by Crippen LogP contribution is -2.48. The Morgan fingerprint density at radius 1 is 0.933 bits per heavy atom. The monoisotopic (exact) mass is 402 g/mol. The van der Waals surface area contributed by atoms with Crippen LogP contribution in [0, 0.1) is 6.92 Å². The Kier molecular flexibility index (Phi) is 4.64. The van der Waals surface area contributed by atoms with Crippen LogP contribution < -0.4 is 5.43 Å². The topological polar surface area (TPSA) is 66.9 Å². The average molecular weight is 402 g/mol. The Morgan fingerprint density at radius 3 is 2.43 bits per heavy atom. The molecule has 0 aliphatic carbocycles. The van der Waals surface area contributed by atoms with Crippen LogP contribution in [0.1, 0.15) is 21.7 Å². The molecule has 4 aromatic rings. The molecule has 0 radical (unpaired) electrons. The van der Waals surface area contributed by atoms with Gasteiger partial charge in [-0.25, -0.2) is 0 Å². The Bertz CT molecular complexity index is 1280. The van der Waals surface area contributed by atoms with E-state index in [-0.39, 0.29) is 22.9 Å². The van der Waals surface area contributed by atoms with Crippen molar-refractivity contribution in [3.63, 3.8) is 0 Å². The highest BCUT2D eigenvalue weighted by Crippen LogP contribution is 2.23. The number of para-hydroxylation sites is 1. The quantitative estimate of drug-likeness (QED) is 0.521. The van der Waals surface area contributed by atoms with Gasteiger partial charge in [-0.05, 0) is 24.6 Å². The highest BCUT2D eigenvalue weighted by atomic mass is 16.5. The number of piperazine rings is 1. The van der Waals surface area contributed by atoms with E-state index in [0.717, 1.165) is 19.6 Å². The number of fused-ring (bicyclic) bond motifs is 2. The molecule has 6 nitrogen and oxygen atoms in total. The molecule has 0 spiro atoms. The summed E-state index contributed by atoms with van der Waals surface area (Å²) in [6.07, 6.45) is 0. The predicted octanol–water partition coefficient (Wildman–Crippen LogP) is 3.81. The van der Waals surface area contributed by atoms with Crippen LogP contribution in [0.4, 0.5) is 0 Å². The van der Waals surface area contributed by atoms with Crippen LogP contribution in [0.25, 0.3) is 22.1 Å². The van der Waals surface area contributed by atoms with Crippen molar-refractivity contribution in [3.8, 4) is 0 Å². The van der Waals surface area contributed by atoms with Gasteiger partial charge in [-0.2, -0.15) is 0 Å². The van der Waals surface area contributed by atoms with Gasteiger partial charge in [0.15, 0.2) is 5.76 Å². The van der Waals surface area contributed by atoms with Crippen LogP contribution in [0.2, 0.25) is 0 Å². The van der Waals surface area contributed by atoms with Crippen molar-refractivity contribution in [2.45, 2.75) is 13.5 Å². The van der Waals surface area contributed by atoms with Gasteiger partial charge in [-0.3, -0.25) is 14.5 Å². The van der Waals surface area contributed by atoms with Crippen LogP contribution in [0.15, 0.2) is 68.2 Å². The summed E-state index contributed by atoms with van der Waals surface area (Å²) in [5.74, 6) is 0.0352. The molecule has 30 heavy (non-hydrogen) atoms. The van der Waals surface area contributed by atoms with Crippen LogP contribution in [-0.2, 0) is 6.54 Å². The Labute approximate surface area is 173 Å². The number of amides is 1. The lowest BCUT2D eigenvalue weighted by Gasteiger charge is -2.34. The first-order valence-corrected chi connectivity index (χ1v) is 10.1. The third-order valence-corrected chi connectivity index (χ3v) is 5.67. The number of aryl methyl sites for hydroxylation is 1. The molecule has 5 rings (SSSR count). The van der Waals surface area contributed by atoms with Crippen LogP contribution >= 0.6 is 0 Å². The van der Waals surface area contributed by atoms with Crippen LogP contribution in [0.5, 0.6) is 0 Å². The molecule has 0 saturated carbocycles. The molecule has 3 heterocycles. The molecular weight excluding hydrogens is 380 g/mol. The van der Waals surface area contributed by atoms with E-state index >= 15 is 0 Å². The fourth-order valence-electron chi connectivity index (χ4n) is 3.92. The molecule has 1 aliphatic rings. The van der Waals surface area contributed by atoms with Crippen molar-refractivity contribution in [3.05, 3.63) is 81.7 Å². The summed E-state index contributed by atoms with van der Waals surface area (Å²) < 4.78 is 11.3. The van der Waals surface area contributed by atoms with Gasteiger partial charge in [0.05, 0.1) is 5.39 Å². The molecule has 0 N–H and O–H groups in total. The fraction of sp³-hybridized carbons (Fsp3) is 0.250. The molecule has 1 saturated heterocycles. The van der Waals surface area contributed by atoms with Crippen LogP contribution in [-0.4, -0.2) is 41.9 Å². The number of carbonyl (C=O) groups is 1. The molecular formula is C24H22N2O4. The maximum absolute atomic E-state index is 12.9. The van der Waals surface area contributed by atoms with E-state index in [1.165, 1.54) is 17.2 Å². The summed E-state index contributed by atoms with van der Waals surface area (Å²) in [5, 5.41) is 0.782. The maximum atomic E-state index is 12.9. The van der Waals surface area contributed by atoms with Crippen molar-refractivity contribution in [2.24, 2.45) is 0 Å². The zero-order valence-electron chi connectivity index (χ0n) is 16.8. The zero-order valence-corrected chi connectivity index (χ0v) is 16.8. The van der Waals surface area contributed by atoms with E-state index in [1.54, 1.807) is 29.2 Å². The lowest BCUT2D eigenvalue weighted by atomic mass is 10.1. The summed E-state index contributed by atoms with van der Waals surface area (Å²) >= 11 is 0. The second-order valence-corrected chi connectivity index (χ2v) is 7.79. The van der Waals surface area contributed by atoms with E-state index in [4.69, 9.17) is 8.83 Å². The zero-order chi connectivity index (χ0) is 20.7. The van der Waals surface area contributed by atoms with E-state index in [1.807, 2.05) is 0 Å². The first-order chi connectivity index (χ1) is 14.6. The third-order valence-electron chi connectivity index (χ3n) is 5.67. The fourth-order valence-corrected chi connectivity index (χ4v) is 3.92. The Balaban J connectivity index is 1.31. The standard InChI is InChI=1S/C24H22N2O4/c1-16-6-8-17(9-7-16)15-25-10-12-26(13-11-25)23(28)21-14-19-22(27)18-4-2-3-5-20(18)29-24(19)30-21/h2-9,14H,10-13,15H2,1H3. The van der Waals surface area contributed by atoms with E-state index in [0.29, 0.717) is 29.4 Å². The van der Waals surface area contributed by atoms with Crippen molar-refractivity contribution < 1.29 is 13.6 Å². The maximum Gasteiger partial charge on any atom is 0.302 e. The summed E-state index contributed by atoms with van der Waals surface area (Å²) in [7, 11) is 0. The number of furan rings is 1. The van der Waals surface area contributed by atoms with Gasteiger partial charge in [-0.15, -0.1) is 0 Å². The molecule has 1 amide bonds. The molecule has 0 unspecified atom stereocenters. The van der Waals surface area contributed by atoms with Crippen molar-refractivity contribution in [1.29, 1.82) is 0 Å². The number of hydrogen-bond donors (Lipinski definition) is 0. The summed E-state index contributed by atoms with van der Waals surface area (Å²) in [4.78, 5) is 29.7. The Hall–Kier alpha value is -3.38. The van der Waals surface area contributed by atoms with E-state index in [9.17, 15) is 9.59 Å². The molecule has 6 heteroatoms. The van der Waals surface area contributed by atoms with Crippen LogP contribution in [0.3, 0.4) is 0 Å². The average Bonchev–Trinajstić information content (AvgIpc) is 3.20. The minimum Gasteiger partial charge on any atom is -0.425 e. The predicted molar refractivity (Wildman–Crippen MR) is 115 cm³/mol. The second kappa shape index (κ2) is 7.46. The van der Waals surface area contributed by atoms with Gasteiger partial charge in [-0.1, -0.05) is 42.0 Å². The van der Waals surface area contributed by atoms with E-state index in [2.05, 4.69) is 36.1 Å². The normalized spacial score (nSPS) is 15.2. The number of nitrogens with zero attached hydrogens (tertiary/aromatic N) is 2. The molecule has 2 aromatic carbocycles. The number of hydrogen-bond acceptors (Lipinski definition) is 5. The van der Waals surface area contributed by atoms with Gasteiger partial charge in [0, 0.05) is 38.8 Å². The second-order valence-electron chi connectivity index (χ2n) is 7.79. The van der Waals surface area contributed by atoms with Gasteiger partial charge in [0.1, 0.15) is 11.0 Å². The van der Waals surface area contributed by atoms with Gasteiger partial charge >= 0.3 is 5.78 Å². The number of carbonyl (C=O) groups excluding carboxylic acids is 1. The molecule has 0 bridgehead atoms. The van der Waals surface area contributed by atoms with Crippen molar-refractivity contribution in [1.82, 2.24) is 9.80 Å². The highest BCUT2D eigenvalue weighted by Gasteiger charge is 2.26. The molecule has 1 fully saturated rings. The number of benzene rings is 2. The molecule has 152 valence electrons. The lowest BCUT2D eigenvalue weighted by molar-refractivity contribution is 0.0598. The first kappa shape index (κ1) is 18.6. The first-order valence-electron chi connectivity index (χ1n) is 10.1. The minimum absolute atomic E-state index is 0.0973. The SMILES string of the molecule is Cc1ccc(CN2CCN(C(=O)c3cc4c(=O)c5ccccc5oc4o3)CC2)cc1. The van der Waals surface area contributed by atoms with Crippen molar-refractivity contribution >= 4 is 28.0 Å². The van der Waals surface area contributed by atoms with E-state index < -0.39 is 0 Å². The molecule has 2 aromatic heterocycles. The third kappa shape index (κ3) is 3.39. The molecule has 1 aliphatic heterocycles.